The van der Waals surface area contributed by atoms with Gasteiger partial charge in [-0.3, -0.25) is 9.48 Å². The van der Waals surface area contributed by atoms with Crippen molar-refractivity contribution in [2.75, 3.05) is 12.4 Å². The summed E-state index contributed by atoms with van der Waals surface area (Å²) in [4.78, 5) is 23.2. The number of nitrogens with one attached hydrogen (secondary N) is 2. The first kappa shape index (κ1) is 16.8. The number of anilines is 1. The van der Waals surface area contributed by atoms with Crippen LogP contribution in [0.5, 0.6) is 5.75 Å². The van der Waals surface area contributed by atoms with E-state index in [-0.39, 0.29) is 18.6 Å². The fourth-order valence-corrected chi connectivity index (χ4v) is 2.70. The summed E-state index contributed by atoms with van der Waals surface area (Å²) >= 11 is 0. The number of ether oxygens (including phenoxy) is 1. The molecule has 1 heterocycles. The Kier molecular flexibility index (Phi) is 4.87. The van der Waals surface area contributed by atoms with Crippen LogP contribution < -0.4 is 21.1 Å². The Morgan fingerprint density at radius 3 is 2.68 bits per heavy atom. The Bertz CT molecular complexity index is 752. The number of nitrogens with zero attached hydrogens (tertiary/aromatic N) is 2. The van der Waals surface area contributed by atoms with Crippen molar-refractivity contribution in [2.45, 2.75) is 25.4 Å². The van der Waals surface area contributed by atoms with Crippen LogP contribution in [-0.4, -0.2) is 28.8 Å². The molecule has 25 heavy (non-hydrogen) atoms. The van der Waals surface area contributed by atoms with Crippen molar-refractivity contribution < 1.29 is 14.3 Å². The molecule has 3 amide bonds. The maximum atomic E-state index is 12.3. The molecule has 1 unspecified atom stereocenters. The highest BCUT2D eigenvalue weighted by Gasteiger charge is 2.33. The molecular formula is C17H21N5O3. The zero-order valence-electron chi connectivity index (χ0n) is 13.9. The number of rotatable bonds is 7. The van der Waals surface area contributed by atoms with Gasteiger partial charge in [0, 0.05) is 6.20 Å². The second-order valence-electron chi connectivity index (χ2n) is 6.08. The maximum absolute atomic E-state index is 12.3. The van der Waals surface area contributed by atoms with E-state index in [1.54, 1.807) is 13.3 Å². The van der Waals surface area contributed by atoms with Gasteiger partial charge in [0.2, 0.25) is 5.91 Å². The SMILES string of the molecule is COc1ccc(C(NC(=O)Nc2cnn(CC(N)=O)c2)C2CC2)cc1. The lowest BCUT2D eigenvalue weighted by Crippen LogP contribution is -2.33. The van der Waals surface area contributed by atoms with Crippen molar-refractivity contribution in [1.29, 1.82) is 0 Å². The summed E-state index contributed by atoms with van der Waals surface area (Å²) in [6.07, 6.45) is 5.22. The smallest absolute Gasteiger partial charge is 0.319 e. The highest BCUT2D eigenvalue weighted by Crippen LogP contribution is 2.41. The Balaban J connectivity index is 1.62. The van der Waals surface area contributed by atoms with Gasteiger partial charge in [-0.05, 0) is 36.5 Å². The third kappa shape index (κ3) is 4.50. The van der Waals surface area contributed by atoms with E-state index in [1.165, 1.54) is 10.9 Å². The number of carbonyl (C=O) groups is 2. The minimum Gasteiger partial charge on any atom is -0.497 e. The third-order valence-corrected chi connectivity index (χ3v) is 4.06. The Labute approximate surface area is 145 Å². The van der Waals surface area contributed by atoms with Gasteiger partial charge in [0.1, 0.15) is 12.3 Å². The lowest BCUT2D eigenvalue weighted by Gasteiger charge is -2.19. The molecule has 1 aromatic heterocycles. The zero-order valence-corrected chi connectivity index (χ0v) is 13.9. The molecule has 0 saturated heterocycles. The van der Waals surface area contributed by atoms with Gasteiger partial charge in [-0.1, -0.05) is 12.1 Å². The molecule has 1 aliphatic carbocycles. The van der Waals surface area contributed by atoms with E-state index in [0.29, 0.717) is 11.6 Å². The fraction of sp³-hybridized carbons (Fsp3) is 0.353. The van der Waals surface area contributed by atoms with Gasteiger partial charge < -0.3 is 21.1 Å². The van der Waals surface area contributed by atoms with Crippen molar-refractivity contribution in [3.05, 3.63) is 42.2 Å². The van der Waals surface area contributed by atoms with Crippen molar-refractivity contribution in [1.82, 2.24) is 15.1 Å². The molecule has 0 aliphatic heterocycles. The molecule has 132 valence electrons. The molecule has 1 aromatic carbocycles. The average molecular weight is 343 g/mol. The molecular weight excluding hydrogens is 322 g/mol. The summed E-state index contributed by atoms with van der Waals surface area (Å²) in [7, 11) is 1.62. The van der Waals surface area contributed by atoms with Crippen molar-refractivity contribution in [2.24, 2.45) is 11.7 Å². The van der Waals surface area contributed by atoms with Gasteiger partial charge in [0.15, 0.2) is 0 Å². The van der Waals surface area contributed by atoms with E-state index in [2.05, 4.69) is 15.7 Å². The molecule has 1 saturated carbocycles. The van der Waals surface area contributed by atoms with Crippen molar-refractivity contribution >= 4 is 17.6 Å². The summed E-state index contributed by atoms with van der Waals surface area (Å²) in [5.74, 6) is 0.730. The third-order valence-electron chi connectivity index (χ3n) is 4.06. The lowest BCUT2D eigenvalue weighted by atomic mass is 10.0. The van der Waals surface area contributed by atoms with E-state index in [4.69, 9.17) is 10.5 Å². The summed E-state index contributed by atoms with van der Waals surface area (Å²) in [5, 5.41) is 9.72. The van der Waals surface area contributed by atoms with Crippen LogP contribution in [0.4, 0.5) is 10.5 Å². The van der Waals surface area contributed by atoms with E-state index < -0.39 is 5.91 Å². The minimum atomic E-state index is -0.493. The lowest BCUT2D eigenvalue weighted by molar-refractivity contribution is -0.118. The predicted octanol–water partition coefficient (Wildman–Crippen LogP) is 1.65. The molecule has 3 rings (SSSR count). The molecule has 8 nitrogen and oxygen atoms in total. The van der Waals surface area contributed by atoms with Gasteiger partial charge in [-0.15, -0.1) is 0 Å². The molecule has 1 aliphatic rings. The van der Waals surface area contributed by atoms with E-state index in [0.717, 1.165) is 24.2 Å². The topological polar surface area (TPSA) is 111 Å². The van der Waals surface area contributed by atoms with Crippen LogP contribution in [0.15, 0.2) is 36.7 Å². The molecule has 2 aromatic rings. The van der Waals surface area contributed by atoms with Gasteiger partial charge >= 0.3 is 6.03 Å². The maximum Gasteiger partial charge on any atom is 0.319 e. The number of methoxy groups -OCH3 is 1. The highest BCUT2D eigenvalue weighted by atomic mass is 16.5. The van der Waals surface area contributed by atoms with Crippen LogP contribution in [0.2, 0.25) is 0 Å². The van der Waals surface area contributed by atoms with Crippen LogP contribution in [0.1, 0.15) is 24.4 Å². The average Bonchev–Trinajstić information content (AvgIpc) is 3.34. The summed E-state index contributed by atoms with van der Waals surface area (Å²) in [6, 6.07) is 7.34. The second kappa shape index (κ2) is 7.25. The number of primary amides is 1. The van der Waals surface area contributed by atoms with Crippen LogP contribution >= 0.6 is 0 Å². The normalized spacial score (nSPS) is 14.6. The predicted molar refractivity (Wildman–Crippen MR) is 92.0 cm³/mol. The fourth-order valence-electron chi connectivity index (χ4n) is 2.70. The first-order valence-corrected chi connectivity index (χ1v) is 8.07. The van der Waals surface area contributed by atoms with E-state index in [9.17, 15) is 9.59 Å². The first-order chi connectivity index (χ1) is 12.0. The quantitative estimate of drug-likeness (QED) is 0.709. The minimum absolute atomic E-state index is 0.0279. The first-order valence-electron chi connectivity index (χ1n) is 8.07. The van der Waals surface area contributed by atoms with Crippen LogP contribution in [-0.2, 0) is 11.3 Å². The van der Waals surface area contributed by atoms with Crippen LogP contribution in [0, 0.1) is 5.92 Å². The molecule has 4 N–H and O–H groups in total. The number of benzene rings is 1. The van der Waals surface area contributed by atoms with Crippen LogP contribution in [0.3, 0.4) is 0 Å². The Morgan fingerprint density at radius 2 is 2.08 bits per heavy atom. The number of carbonyl (C=O) groups excluding carboxylic acids is 2. The standard InChI is InChI=1S/C17H21N5O3/c1-25-14-6-4-12(5-7-14)16(11-2-3-11)21-17(24)20-13-8-19-22(9-13)10-15(18)23/h4-9,11,16H,2-3,10H2,1H3,(H2,18,23)(H2,20,21,24). The Morgan fingerprint density at radius 1 is 1.36 bits per heavy atom. The largest absolute Gasteiger partial charge is 0.497 e. The van der Waals surface area contributed by atoms with Crippen molar-refractivity contribution in [3.8, 4) is 5.75 Å². The van der Waals surface area contributed by atoms with Gasteiger partial charge in [0.05, 0.1) is 25.0 Å². The van der Waals surface area contributed by atoms with E-state index in [1.807, 2.05) is 24.3 Å². The monoisotopic (exact) mass is 343 g/mol. The van der Waals surface area contributed by atoms with Gasteiger partial charge in [-0.2, -0.15) is 5.10 Å². The molecule has 8 heteroatoms. The summed E-state index contributed by atoms with van der Waals surface area (Å²) in [5.41, 5.74) is 6.66. The zero-order chi connectivity index (χ0) is 17.8. The van der Waals surface area contributed by atoms with Crippen LogP contribution in [0.25, 0.3) is 0 Å². The molecule has 0 bridgehead atoms. The number of hydrogen-bond donors (Lipinski definition) is 3. The Hall–Kier alpha value is -3.03. The number of urea groups is 1. The second-order valence-corrected chi connectivity index (χ2v) is 6.08. The van der Waals surface area contributed by atoms with E-state index >= 15 is 0 Å². The summed E-state index contributed by atoms with van der Waals surface area (Å²) < 4.78 is 6.55. The molecule has 1 fully saturated rings. The van der Waals surface area contributed by atoms with Gasteiger partial charge in [-0.25, -0.2) is 4.79 Å². The number of amides is 3. The molecule has 0 radical (unpaired) electrons. The van der Waals surface area contributed by atoms with Gasteiger partial charge in [0.25, 0.3) is 0 Å². The molecule has 1 atom stereocenters. The number of hydrogen-bond acceptors (Lipinski definition) is 4. The van der Waals surface area contributed by atoms with Crippen molar-refractivity contribution in [3.63, 3.8) is 0 Å². The molecule has 0 spiro atoms. The summed E-state index contributed by atoms with van der Waals surface area (Å²) in [6.45, 7) is -0.0279. The highest BCUT2D eigenvalue weighted by molar-refractivity contribution is 5.89. The number of nitrogens with two attached hydrogens (primary N) is 1. The number of aromatic nitrogens is 2.